The lowest BCUT2D eigenvalue weighted by atomic mass is 9.85. The number of imidazole rings is 1. The Labute approximate surface area is 181 Å². The minimum absolute atomic E-state index is 0.134. The van der Waals surface area contributed by atoms with Gasteiger partial charge < -0.3 is 9.67 Å². The van der Waals surface area contributed by atoms with Crippen LogP contribution in [-0.2, 0) is 5.60 Å². The molecule has 7 heteroatoms. The Morgan fingerprint density at radius 2 is 1.78 bits per heavy atom. The van der Waals surface area contributed by atoms with Crippen LogP contribution in [0.5, 0.6) is 0 Å². The molecule has 0 amide bonds. The molecule has 4 aromatic rings. The molecule has 0 spiro atoms. The second-order valence-electron chi connectivity index (χ2n) is 7.85. The molecule has 1 aliphatic heterocycles. The van der Waals surface area contributed by atoms with Crippen molar-refractivity contribution in [2.75, 3.05) is 0 Å². The summed E-state index contributed by atoms with van der Waals surface area (Å²) in [5, 5.41) is 20.7. The molecule has 1 N–H and O–H groups in total. The van der Waals surface area contributed by atoms with Gasteiger partial charge in [0.25, 0.3) is 0 Å². The van der Waals surface area contributed by atoms with Crippen molar-refractivity contribution in [3.63, 3.8) is 0 Å². The summed E-state index contributed by atoms with van der Waals surface area (Å²) in [4.78, 5) is 4.14. The molecule has 32 heavy (non-hydrogen) atoms. The summed E-state index contributed by atoms with van der Waals surface area (Å²) < 4.78 is 43.9. The van der Waals surface area contributed by atoms with Gasteiger partial charge in [0.15, 0.2) is 0 Å². The van der Waals surface area contributed by atoms with Crippen molar-refractivity contribution < 1.29 is 18.3 Å². The third kappa shape index (κ3) is 3.17. The Hall–Kier alpha value is -3.89. The number of hydrogen-bond acceptors (Lipinski definition) is 3. The van der Waals surface area contributed by atoms with Crippen molar-refractivity contribution in [2.45, 2.75) is 18.1 Å². The van der Waals surface area contributed by atoms with Gasteiger partial charge in [0.1, 0.15) is 23.1 Å². The predicted molar refractivity (Wildman–Crippen MR) is 111 cm³/mol. The number of benzene rings is 3. The minimum atomic E-state index is -1.50. The van der Waals surface area contributed by atoms with E-state index in [1.165, 1.54) is 36.8 Å². The summed E-state index contributed by atoms with van der Waals surface area (Å²) >= 11 is 0. The summed E-state index contributed by atoms with van der Waals surface area (Å²) in [5.41, 5.74) is 0.904. The highest BCUT2D eigenvalue weighted by molar-refractivity contribution is 5.65. The zero-order valence-electron chi connectivity index (χ0n) is 16.6. The number of rotatable bonds is 3. The summed E-state index contributed by atoms with van der Waals surface area (Å²) in [6.07, 6.45) is 3.19. The van der Waals surface area contributed by atoms with Crippen LogP contribution in [0, 0.1) is 28.8 Å². The second kappa shape index (κ2) is 7.36. The second-order valence-corrected chi connectivity index (χ2v) is 7.85. The molecule has 0 fully saturated rings. The number of halogens is 3. The summed E-state index contributed by atoms with van der Waals surface area (Å²) in [5.74, 6) is -1.93. The average Bonchev–Trinajstić information content (AvgIpc) is 3.37. The standard InChI is InChI=1S/C25H16F3N3O/c26-19-8-17(9-20(27)10-19)16-2-1-3-18(7-16)25(32)11-23(31-14-30-13-24(25)31)21-5-4-15(12-29)6-22(21)28/h1-10,13-14,23,32H,11H2/t23-,25+/m1/s1. The zero-order valence-corrected chi connectivity index (χ0v) is 16.6. The third-order valence-corrected chi connectivity index (χ3v) is 5.94. The Morgan fingerprint density at radius 1 is 1.00 bits per heavy atom. The molecule has 2 heterocycles. The lowest BCUT2D eigenvalue weighted by Gasteiger charge is -2.24. The van der Waals surface area contributed by atoms with Crippen molar-refractivity contribution >= 4 is 0 Å². The molecule has 0 aliphatic carbocycles. The molecule has 0 saturated heterocycles. The summed E-state index contributed by atoms with van der Waals surface area (Å²) in [6.45, 7) is 0. The Bertz CT molecular complexity index is 1370. The molecule has 1 aromatic heterocycles. The van der Waals surface area contributed by atoms with Gasteiger partial charge in [-0.25, -0.2) is 18.2 Å². The molecule has 0 saturated carbocycles. The fraction of sp³-hybridized carbons (Fsp3) is 0.120. The van der Waals surface area contributed by atoms with Crippen LogP contribution < -0.4 is 0 Å². The molecular weight excluding hydrogens is 415 g/mol. The van der Waals surface area contributed by atoms with Gasteiger partial charge in [-0.2, -0.15) is 5.26 Å². The van der Waals surface area contributed by atoms with E-state index in [1.807, 2.05) is 6.07 Å². The van der Waals surface area contributed by atoms with Crippen LogP contribution in [0.3, 0.4) is 0 Å². The largest absolute Gasteiger partial charge is 0.379 e. The van der Waals surface area contributed by atoms with E-state index in [0.29, 0.717) is 27.9 Å². The van der Waals surface area contributed by atoms with Crippen molar-refractivity contribution in [2.24, 2.45) is 0 Å². The first kappa shape index (κ1) is 20.0. The Kier molecular flexibility index (Phi) is 4.61. The molecule has 3 aromatic carbocycles. The summed E-state index contributed by atoms with van der Waals surface area (Å²) in [7, 11) is 0. The number of nitriles is 1. The predicted octanol–water partition coefficient (Wildman–Crippen LogP) is 5.07. The first-order valence-corrected chi connectivity index (χ1v) is 9.90. The van der Waals surface area contributed by atoms with Crippen LogP contribution in [0.2, 0.25) is 0 Å². The van der Waals surface area contributed by atoms with E-state index in [0.717, 1.165) is 6.07 Å². The van der Waals surface area contributed by atoms with Crippen LogP contribution in [0.4, 0.5) is 13.2 Å². The maximum absolute atomic E-state index is 14.8. The average molecular weight is 431 g/mol. The monoisotopic (exact) mass is 431 g/mol. The van der Waals surface area contributed by atoms with Crippen molar-refractivity contribution in [1.82, 2.24) is 9.55 Å². The first-order chi connectivity index (χ1) is 15.4. The van der Waals surface area contributed by atoms with Gasteiger partial charge in [0, 0.05) is 18.1 Å². The normalized spacial score (nSPS) is 19.5. The fourth-order valence-electron chi connectivity index (χ4n) is 4.43. The lowest BCUT2D eigenvalue weighted by Crippen LogP contribution is -2.24. The molecule has 4 nitrogen and oxygen atoms in total. The van der Waals surface area contributed by atoms with Crippen molar-refractivity contribution in [1.29, 1.82) is 5.26 Å². The number of nitrogens with zero attached hydrogens (tertiary/aromatic N) is 3. The maximum Gasteiger partial charge on any atom is 0.133 e. The molecule has 0 unspecified atom stereocenters. The summed E-state index contributed by atoms with van der Waals surface area (Å²) in [6, 6.07) is 15.6. The highest BCUT2D eigenvalue weighted by atomic mass is 19.1. The highest BCUT2D eigenvalue weighted by Gasteiger charge is 2.45. The fourth-order valence-corrected chi connectivity index (χ4v) is 4.43. The lowest BCUT2D eigenvalue weighted by molar-refractivity contribution is 0.0793. The quantitative estimate of drug-likeness (QED) is 0.493. The van der Waals surface area contributed by atoms with Crippen molar-refractivity contribution in [3.05, 3.63) is 113 Å². The Balaban J connectivity index is 1.59. The van der Waals surface area contributed by atoms with E-state index in [1.54, 1.807) is 34.9 Å². The third-order valence-electron chi connectivity index (χ3n) is 5.94. The SMILES string of the molecule is N#Cc1ccc([C@H]2C[C@](O)(c3cccc(-c4cc(F)cc(F)c4)c3)c3cncn32)c(F)c1. The van der Waals surface area contributed by atoms with Gasteiger partial charge >= 0.3 is 0 Å². The van der Waals surface area contributed by atoms with Gasteiger partial charge in [-0.1, -0.05) is 24.3 Å². The number of aliphatic hydroxyl groups is 1. The topological polar surface area (TPSA) is 61.8 Å². The zero-order chi connectivity index (χ0) is 22.5. The molecule has 1 aliphatic rings. The van der Waals surface area contributed by atoms with Crippen molar-refractivity contribution in [3.8, 4) is 17.2 Å². The van der Waals surface area contributed by atoms with Gasteiger partial charge in [-0.15, -0.1) is 0 Å². The van der Waals surface area contributed by atoms with E-state index in [-0.39, 0.29) is 12.0 Å². The van der Waals surface area contributed by atoms with Crippen LogP contribution >= 0.6 is 0 Å². The molecule has 5 rings (SSSR count). The van der Waals surface area contributed by atoms with E-state index >= 15 is 0 Å². The van der Waals surface area contributed by atoms with Gasteiger partial charge in [-0.3, -0.25) is 0 Å². The molecular formula is C25H16F3N3O. The van der Waals surface area contributed by atoms with Gasteiger partial charge in [0.05, 0.1) is 35.9 Å². The maximum atomic E-state index is 14.8. The first-order valence-electron chi connectivity index (χ1n) is 9.90. The molecule has 0 radical (unpaired) electrons. The molecule has 158 valence electrons. The van der Waals surface area contributed by atoms with Crippen LogP contribution in [0.25, 0.3) is 11.1 Å². The smallest absolute Gasteiger partial charge is 0.133 e. The number of fused-ring (bicyclic) bond motifs is 1. The van der Waals surface area contributed by atoms with Crippen LogP contribution in [0.15, 0.2) is 73.2 Å². The number of aromatic nitrogens is 2. The van der Waals surface area contributed by atoms with Gasteiger partial charge in [-0.05, 0) is 47.0 Å². The van der Waals surface area contributed by atoms with E-state index < -0.39 is 29.1 Å². The van der Waals surface area contributed by atoms with Gasteiger partial charge in [0.2, 0.25) is 0 Å². The van der Waals surface area contributed by atoms with Crippen LogP contribution in [-0.4, -0.2) is 14.7 Å². The van der Waals surface area contributed by atoms with E-state index in [2.05, 4.69) is 4.98 Å². The van der Waals surface area contributed by atoms with E-state index in [9.17, 15) is 18.3 Å². The molecule has 0 bridgehead atoms. The van der Waals surface area contributed by atoms with Crippen LogP contribution in [0.1, 0.15) is 34.8 Å². The highest BCUT2D eigenvalue weighted by Crippen LogP contribution is 2.47. The minimum Gasteiger partial charge on any atom is -0.379 e. The Morgan fingerprint density at radius 3 is 2.50 bits per heavy atom. The van der Waals surface area contributed by atoms with E-state index in [4.69, 9.17) is 5.26 Å². The molecule has 2 atom stereocenters. The number of hydrogen-bond donors (Lipinski definition) is 1.